The van der Waals surface area contributed by atoms with E-state index in [-0.39, 0.29) is 18.6 Å². The third kappa shape index (κ3) is 3.56. The summed E-state index contributed by atoms with van der Waals surface area (Å²) in [5, 5.41) is 22.1. The van der Waals surface area contributed by atoms with Crippen molar-refractivity contribution in [3.8, 4) is 0 Å². The van der Waals surface area contributed by atoms with Crippen LogP contribution < -0.4 is 5.32 Å². The lowest BCUT2D eigenvalue weighted by atomic mass is 9.80. The SMILES string of the molecule is CC(C)NCC1CCC(CO)C(O)C1. The molecule has 3 N–H and O–H groups in total. The number of rotatable bonds is 4. The predicted octanol–water partition coefficient (Wildman–Crippen LogP) is 0.754. The van der Waals surface area contributed by atoms with Crippen LogP contribution in [-0.4, -0.2) is 35.5 Å². The molecule has 1 fully saturated rings. The molecule has 0 saturated heterocycles. The summed E-state index contributed by atoms with van der Waals surface area (Å²) >= 11 is 0. The Bertz CT molecular complexity index is 161. The third-order valence-electron chi connectivity index (χ3n) is 3.11. The Hall–Kier alpha value is -0.120. The molecule has 0 spiro atoms. The molecule has 3 atom stereocenters. The van der Waals surface area contributed by atoms with Gasteiger partial charge in [0.05, 0.1) is 6.10 Å². The molecule has 1 aliphatic carbocycles. The van der Waals surface area contributed by atoms with E-state index in [1.165, 1.54) is 0 Å². The largest absolute Gasteiger partial charge is 0.396 e. The zero-order valence-corrected chi connectivity index (χ0v) is 9.24. The van der Waals surface area contributed by atoms with Crippen LogP contribution in [0.4, 0.5) is 0 Å². The molecular formula is C11H23NO2. The fraction of sp³-hybridized carbons (Fsp3) is 1.00. The standard InChI is InChI=1S/C11H23NO2/c1-8(2)12-6-9-3-4-10(7-13)11(14)5-9/h8-14H,3-7H2,1-2H3. The second-order valence-electron chi connectivity index (χ2n) is 4.75. The van der Waals surface area contributed by atoms with E-state index in [9.17, 15) is 5.11 Å². The Morgan fingerprint density at radius 3 is 2.57 bits per heavy atom. The van der Waals surface area contributed by atoms with Crippen molar-refractivity contribution >= 4 is 0 Å². The van der Waals surface area contributed by atoms with E-state index in [2.05, 4.69) is 19.2 Å². The Morgan fingerprint density at radius 1 is 1.36 bits per heavy atom. The highest BCUT2D eigenvalue weighted by Crippen LogP contribution is 2.28. The molecule has 0 aliphatic heterocycles. The van der Waals surface area contributed by atoms with Gasteiger partial charge in [-0.15, -0.1) is 0 Å². The van der Waals surface area contributed by atoms with Gasteiger partial charge in [0.1, 0.15) is 0 Å². The molecule has 0 heterocycles. The molecule has 0 aromatic rings. The fourth-order valence-electron chi connectivity index (χ4n) is 2.09. The van der Waals surface area contributed by atoms with Crippen LogP contribution in [0.5, 0.6) is 0 Å². The van der Waals surface area contributed by atoms with Crippen molar-refractivity contribution in [2.75, 3.05) is 13.2 Å². The minimum atomic E-state index is -0.298. The number of hydrogen-bond acceptors (Lipinski definition) is 3. The maximum absolute atomic E-state index is 9.72. The second-order valence-corrected chi connectivity index (χ2v) is 4.75. The molecule has 1 saturated carbocycles. The average Bonchev–Trinajstić information content (AvgIpc) is 2.15. The monoisotopic (exact) mass is 201 g/mol. The first kappa shape index (κ1) is 12.0. The first-order valence-electron chi connectivity index (χ1n) is 5.65. The van der Waals surface area contributed by atoms with Crippen LogP contribution in [0.1, 0.15) is 33.1 Å². The normalized spacial score (nSPS) is 33.6. The van der Waals surface area contributed by atoms with Crippen molar-refractivity contribution in [3.63, 3.8) is 0 Å². The van der Waals surface area contributed by atoms with Gasteiger partial charge in [-0.1, -0.05) is 13.8 Å². The van der Waals surface area contributed by atoms with E-state index >= 15 is 0 Å². The summed E-state index contributed by atoms with van der Waals surface area (Å²) in [4.78, 5) is 0. The molecular weight excluding hydrogens is 178 g/mol. The van der Waals surface area contributed by atoms with E-state index in [4.69, 9.17) is 5.11 Å². The lowest BCUT2D eigenvalue weighted by Gasteiger charge is -2.32. The van der Waals surface area contributed by atoms with Gasteiger partial charge in [-0.3, -0.25) is 0 Å². The minimum Gasteiger partial charge on any atom is -0.396 e. The molecule has 3 heteroatoms. The molecule has 3 nitrogen and oxygen atoms in total. The molecule has 1 rings (SSSR count). The first-order chi connectivity index (χ1) is 6.63. The van der Waals surface area contributed by atoms with Crippen LogP contribution in [0.3, 0.4) is 0 Å². The van der Waals surface area contributed by atoms with Gasteiger partial charge in [0.25, 0.3) is 0 Å². The van der Waals surface area contributed by atoms with Gasteiger partial charge in [0.15, 0.2) is 0 Å². The quantitative estimate of drug-likeness (QED) is 0.629. The van der Waals surface area contributed by atoms with E-state index in [0.717, 1.165) is 25.8 Å². The van der Waals surface area contributed by atoms with Gasteiger partial charge in [-0.05, 0) is 31.7 Å². The summed E-state index contributed by atoms with van der Waals surface area (Å²) in [6, 6.07) is 0.516. The van der Waals surface area contributed by atoms with Gasteiger partial charge in [-0.25, -0.2) is 0 Å². The second kappa shape index (κ2) is 5.69. The van der Waals surface area contributed by atoms with E-state index in [1.54, 1.807) is 0 Å². The van der Waals surface area contributed by atoms with Gasteiger partial charge in [-0.2, -0.15) is 0 Å². The maximum Gasteiger partial charge on any atom is 0.0593 e. The molecule has 0 aromatic carbocycles. The summed E-state index contributed by atoms with van der Waals surface area (Å²) in [6.45, 7) is 5.39. The van der Waals surface area contributed by atoms with Crippen LogP contribution in [-0.2, 0) is 0 Å². The zero-order chi connectivity index (χ0) is 10.6. The highest BCUT2D eigenvalue weighted by Gasteiger charge is 2.28. The maximum atomic E-state index is 9.72. The molecule has 3 unspecified atom stereocenters. The van der Waals surface area contributed by atoms with Crippen molar-refractivity contribution in [2.24, 2.45) is 11.8 Å². The van der Waals surface area contributed by atoms with Crippen molar-refractivity contribution < 1.29 is 10.2 Å². The lowest BCUT2D eigenvalue weighted by Crippen LogP contribution is -2.37. The molecule has 0 aromatic heterocycles. The number of aliphatic hydroxyl groups is 2. The van der Waals surface area contributed by atoms with Crippen LogP contribution in [0.25, 0.3) is 0 Å². The highest BCUT2D eigenvalue weighted by molar-refractivity contribution is 4.80. The van der Waals surface area contributed by atoms with E-state index in [1.807, 2.05) is 0 Å². The highest BCUT2D eigenvalue weighted by atomic mass is 16.3. The van der Waals surface area contributed by atoms with Gasteiger partial charge < -0.3 is 15.5 Å². The van der Waals surface area contributed by atoms with Gasteiger partial charge in [0.2, 0.25) is 0 Å². The zero-order valence-electron chi connectivity index (χ0n) is 9.24. The number of nitrogens with one attached hydrogen (secondary N) is 1. The Labute approximate surface area is 86.5 Å². The first-order valence-corrected chi connectivity index (χ1v) is 5.65. The average molecular weight is 201 g/mol. The Morgan fingerprint density at radius 2 is 2.07 bits per heavy atom. The van der Waals surface area contributed by atoms with Crippen molar-refractivity contribution in [1.29, 1.82) is 0 Å². The van der Waals surface area contributed by atoms with Crippen molar-refractivity contribution in [1.82, 2.24) is 5.32 Å². The predicted molar refractivity (Wildman–Crippen MR) is 57.1 cm³/mol. The van der Waals surface area contributed by atoms with Gasteiger partial charge >= 0.3 is 0 Å². The Kier molecular flexibility index (Phi) is 4.85. The molecule has 84 valence electrons. The van der Waals surface area contributed by atoms with Crippen molar-refractivity contribution in [2.45, 2.75) is 45.3 Å². The summed E-state index contributed by atoms with van der Waals surface area (Å²) in [6.07, 6.45) is 2.63. The molecule has 1 aliphatic rings. The Balaban J connectivity index is 2.24. The summed E-state index contributed by atoms with van der Waals surface area (Å²) in [5.74, 6) is 0.695. The fourth-order valence-corrected chi connectivity index (χ4v) is 2.09. The number of aliphatic hydroxyl groups excluding tert-OH is 2. The topological polar surface area (TPSA) is 52.5 Å². The summed E-state index contributed by atoms with van der Waals surface area (Å²) < 4.78 is 0. The van der Waals surface area contributed by atoms with Crippen LogP contribution >= 0.6 is 0 Å². The van der Waals surface area contributed by atoms with Crippen LogP contribution in [0.2, 0.25) is 0 Å². The minimum absolute atomic E-state index is 0.116. The smallest absolute Gasteiger partial charge is 0.0593 e. The summed E-state index contributed by atoms with van der Waals surface area (Å²) in [7, 11) is 0. The lowest BCUT2D eigenvalue weighted by molar-refractivity contribution is 0.0156. The van der Waals surface area contributed by atoms with Gasteiger partial charge in [0, 0.05) is 18.6 Å². The van der Waals surface area contributed by atoms with Crippen LogP contribution in [0, 0.1) is 11.8 Å². The molecule has 0 bridgehead atoms. The third-order valence-corrected chi connectivity index (χ3v) is 3.11. The van der Waals surface area contributed by atoms with Crippen molar-refractivity contribution in [3.05, 3.63) is 0 Å². The molecule has 14 heavy (non-hydrogen) atoms. The molecule has 0 radical (unpaired) electrons. The molecule has 0 amide bonds. The number of hydrogen-bond donors (Lipinski definition) is 3. The summed E-state index contributed by atoms with van der Waals surface area (Å²) in [5.41, 5.74) is 0. The van der Waals surface area contributed by atoms with E-state index in [0.29, 0.717) is 12.0 Å². The van der Waals surface area contributed by atoms with E-state index < -0.39 is 0 Å². The van der Waals surface area contributed by atoms with Crippen LogP contribution in [0.15, 0.2) is 0 Å².